The first kappa shape index (κ1) is 22.1. The van der Waals surface area contributed by atoms with Gasteiger partial charge in [-0.3, -0.25) is 9.59 Å². The van der Waals surface area contributed by atoms with Crippen molar-refractivity contribution in [3.05, 3.63) is 48.2 Å². The third kappa shape index (κ3) is 4.75. The molecule has 6 heteroatoms. The Kier molecular flexibility index (Phi) is 6.66. The summed E-state index contributed by atoms with van der Waals surface area (Å²) in [7, 11) is 0. The molecule has 2 heterocycles. The minimum Gasteiger partial charge on any atom is -0.381 e. The first-order valence-corrected chi connectivity index (χ1v) is 10.7. The molecule has 2 aromatic rings. The van der Waals surface area contributed by atoms with Crippen LogP contribution in [0.4, 0.5) is 0 Å². The number of carbonyl (C=O) groups is 2. The lowest BCUT2D eigenvalue weighted by Gasteiger charge is -2.45. The molecule has 0 atom stereocenters. The summed E-state index contributed by atoms with van der Waals surface area (Å²) in [4.78, 5) is 31.7. The van der Waals surface area contributed by atoms with Gasteiger partial charge in [-0.25, -0.2) is 0 Å². The molecule has 1 aromatic heterocycles. The van der Waals surface area contributed by atoms with E-state index in [2.05, 4.69) is 16.4 Å². The van der Waals surface area contributed by atoms with Gasteiger partial charge in [0.2, 0.25) is 11.8 Å². The van der Waals surface area contributed by atoms with Crippen molar-refractivity contribution in [1.29, 1.82) is 0 Å². The third-order valence-electron chi connectivity index (χ3n) is 5.60. The predicted octanol–water partition coefficient (Wildman–Crippen LogP) is 3.58. The first-order chi connectivity index (χ1) is 14.3. The Balaban J connectivity index is 1.93. The van der Waals surface area contributed by atoms with E-state index in [-0.39, 0.29) is 17.4 Å². The van der Waals surface area contributed by atoms with Crippen LogP contribution in [0.1, 0.15) is 46.1 Å². The van der Waals surface area contributed by atoms with Gasteiger partial charge in [-0.2, -0.15) is 0 Å². The smallest absolute Gasteiger partial charge is 0.247 e. The number of benzene rings is 1. The monoisotopic (exact) mass is 411 g/mol. The molecule has 1 aliphatic rings. The number of rotatable bonds is 6. The summed E-state index contributed by atoms with van der Waals surface area (Å²) >= 11 is 0. The largest absolute Gasteiger partial charge is 0.381 e. The highest BCUT2D eigenvalue weighted by atomic mass is 16.5. The van der Waals surface area contributed by atoms with Crippen LogP contribution < -0.4 is 5.32 Å². The molecule has 6 nitrogen and oxygen atoms in total. The van der Waals surface area contributed by atoms with E-state index in [0.29, 0.717) is 39.0 Å². The van der Waals surface area contributed by atoms with Gasteiger partial charge in [-0.15, -0.1) is 0 Å². The molecule has 1 aliphatic heterocycles. The molecular weight excluding hydrogens is 378 g/mol. The van der Waals surface area contributed by atoms with Gasteiger partial charge in [0.25, 0.3) is 0 Å². The Labute approximate surface area is 178 Å². The molecule has 1 aromatic carbocycles. The topological polar surface area (TPSA) is 74.4 Å². The predicted molar refractivity (Wildman–Crippen MR) is 119 cm³/mol. The van der Waals surface area contributed by atoms with Gasteiger partial charge in [0, 0.05) is 55.2 Å². The Bertz CT molecular complexity index is 917. The zero-order chi connectivity index (χ0) is 21.8. The van der Waals surface area contributed by atoms with Crippen molar-refractivity contribution in [2.45, 2.75) is 58.0 Å². The fourth-order valence-electron chi connectivity index (χ4n) is 4.12. The Morgan fingerprint density at radius 2 is 1.93 bits per heavy atom. The number of H-pyrrole nitrogens is 1. The Hall–Kier alpha value is -2.60. The average molecular weight is 412 g/mol. The van der Waals surface area contributed by atoms with Crippen molar-refractivity contribution in [3.8, 4) is 0 Å². The number of aromatic nitrogens is 1. The number of hydrogen-bond donors (Lipinski definition) is 2. The number of allylic oxidation sites excluding steroid dienone is 1. The second-order valence-electron chi connectivity index (χ2n) is 8.95. The molecule has 0 radical (unpaired) electrons. The van der Waals surface area contributed by atoms with Crippen LogP contribution in [-0.2, 0) is 20.7 Å². The second kappa shape index (κ2) is 9.04. The van der Waals surface area contributed by atoms with E-state index in [1.807, 2.05) is 52.1 Å². The van der Waals surface area contributed by atoms with Crippen molar-refractivity contribution < 1.29 is 14.3 Å². The molecule has 0 bridgehead atoms. The lowest BCUT2D eigenvalue weighted by atomic mass is 9.85. The van der Waals surface area contributed by atoms with Crippen LogP contribution in [0.15, 0.2) is 42.6 Å². The molecule has 2 amide bonds. The highest BCUT2D eigenvalue weighted by Crippen LogP contribution is 2.31. The molecule has 0 saturated carbocycles. The molecule has 3 rings (SSSR count). The molecule has 1 saturated heterocycles. The van der Waals surface area contributed by atoms with Crippen LogP contribution in [0, 0.1) is 0 Å². The van der Waals surface area contributed by atoms with Gasteiger partial charge < -0.3 is 19.9 Å². The number of nitrogens with zero attached hydrogens (tertiary/aromatic N) is 1. The molecule has 1 fully saturated rings. The van der Waals surface area contributed by atoms with Crippen molar-refractivity contribution in [3.63, 3.8) is 0 Å². The van der Waals surface area contributed by atoms with E-state index in [9.17, 15) is 9.59 Å². The molecule has 2 N–H and O–H groups in total. The summed E-state index contributed by atoms with van der Waals surface area (Å²) in [5.74, 6) is -0.238. The number of hydrogen-bond acceptors (Lipinski definition) is 3. The highest BCUT2D eigenvalue weighted by molar-refractivity contribution is 5.96. The van der Waals surface area contributed by atoms with E-state index in [4.69, 9.17) is 4.74 Å². The summed E-state index contributed by atoms with van der Waals surface area (Å²) in [6.07, 6.45) is 6.93. The van der Waals surface area contributed by atoms with Crippen LogP contribution in [0.5, 0.6) is 0 Å². The van der Waals surface area contributed by atoms with Crippen molar-refractivity contribution in [2.24, 2.45) is 0 Å². The number of amides is 2. The van der Waals surface area contributed by atoms with E-state index in [0.717, 1.165) is 16.5 Å². The molecular formula is C24H33N3O3. The summed E-state index contributed by atoms with van der Waals surface area (Å²) in [5, 5.41) is 4.26. The van der Waals surface area contributed by atoms with Crippen LogP contribution >= 0.6 is 0 Å². The zero-order valence-corrected chi connectivity index (χ0v) is 18.5. The second-order valence-corrected chi connectivity index (χ2v) is 8.95. The standard InChI is InChI=1S/C24H33N3O3/c1-5-8-21(28)27(14-11-18-17-25-20-10-7-6-9-19(18)20)24(12-15-30-16-13-24)22(29)26-23(2,3)4/h5-10,17,25H,11-16H2,1-4H3,(H,26,29)/b8-5+. The van der Waals surface area contributed by atoms with Crippen LogP contribution in [0.25, 0.3) is 10.9 Å². The van der Waals surface area contributed by atoms with Gasteiger partial charge >= 0.3 is 0 Å². The highest BCUT2D eigenvalue weighted by Gasteiger charge is 2.47. The van der Waals surface area contributed by atoms with Crippen LogP contribution in [-0.4, -0.2) is 52.5 Å². The van der Waals surface area contributed by atoms with Crippen molar-refractivity contribution >= 4 is 22.7 Å². The number of nitrogens with one attached hydrogen (secondary N) is 2. The maximum absolute atomic E-state index is 13.5. The SMILES string of the molecule is C/C=C/C(=O)N(CCc1c[nH]c2ccccc12)C1(C(=O)NC(C)(C)C)CCOCC1. The first-order valence-electron chi connectivity index (χ1n) is 10.7. The minimum atomic E-state index is -0.908. The lowest BCUT2D eigenvalue weighted by Crippen LogP contribution is -2.65. The summed E-state index contributed by atoms with van der Waals surface area (Å²) in [6.45, 7) is 9.09. The van der Waals surface area contributed by atoms with E-state index in [1.54, 1.807) is 17.1 Å². The van der Waals surface area contributed by atoms with Crippen molar-refractivity contribution in [1.82, 2.24) is 15.2 Å². The third-order valence-corrected chi connectivity index (χ3v) is 5.60. The molecule has 30 heavy (non-hydrogen) atoms. The minimum absolute atomic E-state index is 0.102. The summed E-state index contributed by atoms with van der Waals surface area (Å²) in [6, 6.07) is 8.13. The molecule has 162 valence electrons. The van der Waals surface area contributed by atoms with Gasteiger partial charge in [0.15, 0.2) is 0 Å². The normalized spacial score (nSPS) is 16.7. The van der Waals surface area contributed by atoms with E-state index < -0.39 is 5.54 Å². The Morgan fingerprint density at radius 1 is 1.23 bits per heavy atom. The van der Waals surface area contributed by atoms with E-state index in [1.165, 1.54) is 0 Å². The number of fused-ring (bicyclic) bond motifs is 1. The number of ether oxygens (including phenoxy) is 1. The lowest BCUT2D eigenvalue weighted by molar-refractivity contribution is -0.152. The number of para-hydroxylation sites is 1. The van der Waals surface area contributed by atoms with E-state index >= 15 is 0 Å². The maximum Gasteiger partial charge on any atom is 0.247 e. The zero-order valence-electron chi connectivity index (χ0n) is 18.5. The van der Waals surface area contributed by atoms with Gasteiger partial charge in [0.1, 0.15) is 5.54 Å². The van der Waals surface area contributed by atoms with Crippen LogP contribution in [0.3, 0.4) is 0 Å². The quantitative estimate of drug-likeness (QED) is 0.714. The maximum atomic E-state index is 13.5. The molecule has 0 aliphatic carbocycles. The fraction of sp³-hybridized carbons (Fsp3) is 0.500. The molecule has 0 unspecified atom stereocenters. The van der Waals surface area contributed by atoms with Gasteiger partial charge in [0.05, 0.1) is 0 Å². The van der Waals surface area contributed by atoms with Gasteiger partial charge in [-0.1, -0.05) is 24.3 Å². The van der Waals surface area contributed by atoms with Gasteiger partial charge in [-0.05, 0) is 51.8 Å². The number of aromatic amines is 1. The van der Waals surface area contributed by atoms with Crippen molar-refractivity contribution in [2.75, 3.05) is 19.8 Å². The summed E-state index contributed by atoms with van der Waals surface area (Å²) in [5.41, 5.74) is 0.926. The molecule has 0 spiro atoms. The summed E-state index contributed by atoms with van der Waals surface area (Å²) < 4.78 is 5.56. The number of carbonyl (C=O) groups excluding carboxylic acids is 2. The fourth-order valence-corrected chi connectivity index (χ4v) is 4.12. The average Bonchev–Trinajstić information content (AvgIpc) is 3.11. The van der Waals surface area contributed by atoms with Crippen LogP contribution in [0.2, 0.25) is 0 Å². The Morgan fingerprint density at radius 3 is 2.60 bits per heavy atom.